The molecule has 0 aromatic heterocycles. The number of amides is 1. The van der Waals surface area contributed by atoms with Gasteiger partial charge in [-0.05, 0) is 207 Å². The SMILES string of the molecule is COC(=O)[C@H](Cc1ccc(OCc2cc(OCc3cc(OCc4cc(OCc5ccccc5)cc(OCc5ccccc5)c4)cc(OCc4cc(OCc5ccccc5)cc(OCc5ccccc5)c4)c3)cc(OCc3cc(OCc4cc(OCc5ccccc5)cc(OCc5ccccc5)c4)cc(OCc4cc(OCc5ccccc5)cc(OCc5ccccc5)c4)c3)c2)cc1)NC(=O)OC(C)(C)C. The first-order valence-electron chi connectivity index (χ1n) is 46.4. The van der Waals surface area contributed by atoms with Gasteiger partial charge in [0.2, 0.25) is 0 Å². The highest BCUT2D eigenvalue weighted by Gasteiger charge is 2.26. The van der Waals surface area contributed by atoms with Crippen LogP contribution in [0, 0.1) is 0 Å². The minimum absolute atomic E-state index is 0.0141. The van der Waals surface area contributed by atoms with Crippen LogP contribution < -0.4 is 76.4 Å². The van der Waals surface area contributed by atoms with E-state index in [1.54, 1.807) is 32.9 Å². The Balaban J connectivity index is 0.718. The van der Waals surface area contributed by atoms with Gasteiger partial charge in [0, 0.05) is 48.9 Å². The molecule has 0 heterocycles. The Bertz CT molecular complexity index is 5690. The maximum atomic E-state index is 13.1. The Morgan fingerprint density at radius 1 is 0.200 bits per heavy atom. The van der Waals surface area contributed by atoms with E-state index in [-0.39, 0.29) is 52.7 Å². The Labute approximate surface area is 817 Å². The van der Waals surface area contributed by atoms with Gasteiger partial charge < -0.3 is 85.8 Å². The summed E-state index contributed by atoms with van der Waals surface area (Å²) < 4.78 is 110. The summed E-state index contributed by atoms with van der Waals surface area (Å²) in [7, 11) is 1.27. The van der Waals surface area contributed by atoms with Gasteiger partial charge in [0.15, 0.2) is 0 Å². The maximum absolute atomic E-state index is 13.1. The smallest absolute Gasteiger partial charge is 0.408 e. The van der Waals surface area contributed by atoms with Crippen molar-refractivity contribution in [1.82, 2.24) is 5.32 Å². The van der Waals surface area contributed by atoms with E-state index in [9.17, 15) is 9.59 Å². The molecule has 0 aliphatic carbocycles. The van der Waals surface area contributed by atoms with Gasteiger partial charge in [-0.1, -0.05) is 255 Å². The quantitative estimate of drug-likeness (QED) is 0.0352. The molecule has 0 saturated carbocycles. The molecule has 0 spiro atoms. The van der Waals surface area contributed by atoms with Crippen LogP contribution in [-0.4, -0.2) is 30.8 Å². The maximum Gasteiger partial charge on any atom is 0.408 e. The van der Waals surface area contributed by atoms with E-state index in [0.717, 1.165) is 72.3 Å². The molecular weight excluding hydrogens is 1760 g/mol. The van der Waals surface area contributed by atoms with Crippen LogP contribution in [0.5, 0.6) is 86.2 Å². The number of benzene rings is 16. The van der Waals surface area contributed by atoms with Crippen molar-refractivity contribution in [2.24, 2.45) is 0 Å². The number of hydrogen-bond donors (Lipinski definition) is 1. The van der Waals surface area contributed by atoms with Crippen molar-refractivity contribution in [3.05, 3.63) is 483 Å². The molecule has 710 valence electrons. The average molecular weight is 1870 g/mol. The van der Waals surface area contributed by atoms with E-state index >= 15 is 0 Å². The molecule has 0 aliphatic heterocycles. The van der Waals surface area contributed by atoms with Gasteiger partial charge in [-0.25, -0.2) is 9.59 Å². The van der Waals surface area contributed by atoms with E-state index in [1.807, 2.05) is 382 Å². The van der Waals surface area contributed by atoms with Crippen LogP contribution in [0.15, 0.2) is 394 Å². The van der Waals surface area contributed by atoms with E-state index in [1.165, 1.54) is 7.11 Å². The molecule has 1 amide bonds. The zero-order chi connectivity index (χ0) is 96.1. The topological polar surface area (TPSA) is 203 Å². The van der Waals surface area contributed by atoms with Gasteiger partial charge in [-0.3, -0.25) is 0 Å². The van der Waals surface area contributed by atoms with E-state index < -0.39 is 23.7 Å². The number of methoxy groups -OCH3 is 1. The molecule has 1 N–H and O–H groups in total. The van der Waals surface area contributed by atoms with Crippen molar-refractivity contribution in [2.75, 3.05) is 7.11 Å². The van der Waals surface area contributed by atoms with Crippen LogP contribution in [0.25, 0.3) is 0 Å². The largest absolute Gasteiger partial charge is 0.489 e. The molecule has 16 aromatic rings. The Kier molecular flexibility index (Phi) is 34.2. The van der Waals surface area contributed by atoms with Crippen LogP contribution >= 0.6 is 0 Å². The second-order valence-corrected chi connectivity index (χ2v) is 34.5. The highest BCUT2D eigenvalue weighted by molar-refractivity contribution is 5.81. The molecule has 0 aliphatic rings. The predicted molar refractivity (Wildman–Crippen MR) is 537 cm³/mol. The van der Waals surface area contributed by atoms with Gasteiger partial charge in [0.05, 0.1) is 7.11 Å². The lowest BCUT2D eigenvalue weighted by atomic mass is 10.1. The molecule has 1 atom stereocenters. The standard InChI is InChI=1S/C120H111NO19/c1-120(2,3)140-119(123)121-117(118(122)124-4)63-86-45-47-102(48-46-86)125-79-95-49-111(134-84-100-59-113(136-80-96-51-103(126-71-87-29-13-5-14-30-87)64-104(52-96)127-72-88-31-15-6-16-32-88)69-114(60-100)137-81-97-53-105(128-73-89-33-17-7-18-34-89)65-106(54-97)129-74-90-35-19-8-20-36-90)68-112(50-95)135-85-101-61-115(138-82-98-55-107(130-75-91-37-21-9-22-38-91)66-108(56-98)131-76-92-39-23-10-24-40-92)70-116(62-101)139-83-99-57-109(132-77-93-41-25-11-26-42-93)67-110(58-99)133-78-94-43-27-12-28-44-94/h5-62,64-70,117H,63,71-85H2,1-4H3,(H,121,123)/t117-/m0/s1. The Morgan fingerprint density at radius 2 is 0.357 bits per heavy atom. The lowest BCUT2D eigenvalue weighted by Crippen LogP contribution is -2.45. The lowest BCUT2D eigenvalue weighted by Gasteiger charge is -2.22. The molecule has 0 radical (unpaired) electrons. The van der Waals surface area contributed by atoms with Crippen LogP contribution in [-0.2, 0) is 120 Å². The zero-order valence-electron chi connectivity index (χ0n) is 78.7. The van der Waals surface area contributed by atoms with Gasteiger partial charge in [-0.2, -0.15) is 0 Å². The summed E-state index contributed by atoms with van der Waals surface area (Å²) in [6.07, 6.45) is -0.635. The third-order valence-electron chi connectivity index (χ3n) is 21.9. The number of carbonyl (C=O) groups excluding carboxylic acids is 2. The molecule has 20 nitrogen and oxygen atoms in total. The minimum atomic E-state index is -1.03. The number of rotatable bonds is 49. The first-order valence-corrected chi connectivity index (χ1v) is 46.4. The third-order valence-corrected chi connectivity index (χ3v) is 21.9. The molecule has 16 aromatic carbocycles. The van der Waals surface area contributed by atoms with Crippen molar-refractivity contribution in [2.45, 2.75) is 138 Å². The molecule has 20 heteroatoms. The van der Waals surface area contributed by atoms with E-state index in [4.69, 9.17) is 80.5 Å². The molecule has 0 bridgehead atoms. The summed E-state index contributed by atoms with van der Waals surface area (Å²) in [5.41, 5.74) is 13.3. The summed E-state index contributed by atoms with van der Waals surface area (Å²) in [6.45, 7) is 8.45. The molecule has 140 heavy (non-hydrogen) atoms. The van der Waals surface area contributed by atoms with E-state index in [0.29, 0.717) is 156 Å². The van der Waals surface area contributed by atoms with Gasteiger partial charge in [0.1, 0.15) is 197 Å². The normalized spacial score (nSPS) is 11.2. The van der Waals surface area contributed by atoms with Crippen molar-refractivity contribution in [1.29, 1.82) is 0 Å². The fraction of sp³-hybridized carbons (Fsp3) is 0.183. The summed E-state index contributed by atoms with van der Waals surface area (Å²) in [6, 6.07) is 127. The summed E-state index contributed by atoms with van der Waals surface area (Å²) in [5.74, 6) is 7.57. The van der Waals surface area contributed by atoms with Gasteiger partial charge in [-0.15, -0.1) is 0 Å². The number of nitrogens with one attached hydrogen (secondary N) is 1. The Hall–Kier alpha value is -16.7. The monoisotopic (exact) mass is 1870 g/mol. The summed E-state index contributed by atoms with van der Waals surface area (Å²) in [4.78, 5) is 26.1. The number of ether oxygens (including phenoxy) is 17. The van der Waals surface area contributed by atoms with Crippen molar-refractivity contribution in [3.8, 4) is 86.2 Å². The van der Waals surface area contributed by atoms with Gasteiger partial charge in [0.25, 0.3) is 0 Å². The van der Waals surface area contributed by atoms with Crippen LogP contribution in [0.4, 0.5) is 4.79 Å². The average Bonchev–Trinajstić information content (AvgIpc) is 0.827. The molecule has 0 saturated heterocycles. The van der Waals surface area contributed by atoms with Crippen molar-refractivity contribution >= 4 is 12.1 Å². The molecule has 0 fully saturated rings. The van der Waals surface area contributed by atoms with Gasteiger partial charge >= 0.3 is 12.1 Å². The minimum Gasteiger partial charge on any atom is -0.489 e. The first kappa shape index (κ1) is 96.4. The number of hydrogen-bond acceptors (Lipinski definition) is 19. The number of carbonyl (C=O) groups is 2. The number of esters is 1. The zero-order valence-corrected chi connectivity index (χ0v) is 78.7. The summed E-state index contributed by atoms with van der Waals surface area (Å²) in [5, 5.41) is 2.67. The fourth-order valence-corrected chi connectivity index (χ4v) is 15.0. The molecular formula is C120H111NO19. The highest BCUT2D eigenvalue weighted by atomic mass is 16.6. The third kappa shape index (κ3) is 31.7. The van der Waals surface area contributed by atoms with E-state index in [2.05, 4.69) is 5.32 Å². The first-order chi connectivity index (χ1) is 68.6. The number of alkyl carbamates (subject to hydrolysis) is 1. The fourth-order valence-electron chi connectivity index (χ4n) is 15.0. The molecule has 0 unspecified atom stereocenters. The Morgan fingerprint density at radius 3 is 0.514 bits per heavy atom. The lowest BCUT2D eigenvalue weighted by molar-refractivity contribution is -0.143. The summed E-state index contributed by atoms with van der Waals surface area (Å²) >= 11 is 0. The molecule has 16 rings (SSSR count). The van der Waals surface area contributed by atoms with Crippen LogP contribution in [0.3, 0.4) is 0 Å². The predicted octanol–water partition coefficient (Wildman–Crippen LogP) is 26.0. The van der Waals surface area contributed by atoms with Crippen molar-refractivity contribution in [3.63, 3.8) is 0 Å². The van der Waals surface area contributed by atoms with Crippen molar-refractivity contribution < 1.29 is 90.1 Å². The van der Waals surface area contributed by atoms with Crippen LogP contribution in [0.1, 0.15) is 110 Å². The van der Waals surface area contributed by atoms with Crippen LogP contribution in [0.2, 0.25) is 0 Å². The second kappa shape index (κ2) is 49.7. The highest BCUT2D eigenvalue weighted by Crippen LogP contribution is 2.37. The second-order valence-electron chi connectivity index (χ2n) is 34.5.